The minimum atomic E-state index is -1.93. The van der Waals surface area contributed by atoms with Gasteiger partial charge in [-0.15, -0.1) is 0 Å². The largest absolute Gasteiger partial charge is 0.458 e. The maximum atomic E-state index is 14.8. The second-order valence-corrected chi connectivity index (χ2v) is 9.60. The Labute approximate surface area is 199 Å². The number of esters is 1. The second-order valence-electron chi connectivity index (χ2n) is 9.60. The Kier molecular flexibility index (Phi) is 4.51. The third kappa shape index (κ3) is 2.81. The van der Waals surface area contributed by atoms with E-state index in [9.17, 15) is 23.9 Å². The standard InChI is InChI=1S/C26H24FN3O5/c1-4-26(34)16-7-20-23-14(9-30(20)24(32)15(16)10-35-25(26)33)22-18(28-12(3)31)6-5-13-11(2)17(27)8-19(29-23)21(13)22/h7-8,18,34H,4-6,9-10H2,1-3H3,(H,28,31). The van der Waals surface area contributed by atoms with Crippen molar-refractivity contribution in [1.29, 1.82) is 0 Å². The number of aliphatic hydroxyl groups is 1. The topological polar surface area (TPSA) is 111 Å². The van der Waals surface area contributed by atoms with Crippen LogP contribution in [0.15, 0.2) is 16.9 Å². The molecule has 180 valence electrons. The van der Waals surface area contributed by atoms with Crippen LogP contribution in [0.4, 0.5) is 4.39 Å². The van der Waals surface area contributed by atoms with E-state index in [1.165, 1.54) is 13.0 Å². The van der Waals surface area contributed by atoms with E-state index in [0.717, 1.165) is 22.1 Å². The van der Waals surface area contributed by atoms with Crippen LogP contribution in [0.3, 0.4) is 0 Å². The van der Waals surface area contributed by atoms with Gasteiger partial charge in [0.05, 0.1) is 35.1 Å². The second kappa shape index (κ2) is 7.21. The highest BCUT2D eigenvalue weighted by atomic mass is 19.1. The maximum absolute atomic E-state index is 14.8. The first-order valence-electron chi connectivity index (χ1n) is 11.7. The molecule has 2 aliphatic heterocycles. The number of ether oxygens (including phenoxy) is 1. The number of carbonyl (C=O) groups is 2. The average Bonchev–Trinajstić information content (AvgIpc) is 3.19. The number of fused-ring (bicyclic) bond motifs is 5. The first-order chi connectivity index (χ1) is 16.7. The highest BCUT2D eigenvalue weighted by molar-refractivity contribution is 5.93. The molecule has 0 radical (unpaired) electrons. The summed E-state index contributed by atoms with van der Waals surface area (Å²) in [5.41, 5.74) is 2.66. The molecule has 0 fully saturated rings. The van der Waals surface area contributed by atoms with Gasteiger partial charge >= 0.3 is 5.97 Å². The van der Waals surface area contributed by atoms with Crippen molar-refractivity contribution in [2.75, 3.05) is 0 Å². The van der Waals surface area contributed by atoms with E-state index in [2.05, 4.69) is 5.32 Å². The Hall–Kier alpha value is -3.59. The van der Waals surface area contributed by atoms with E-state index in [-0.39, 0.29) is 54.0 Å². The molecule has 4 heterocycles. The number of amides is 1. The number of pyridine rings is 2. The van der Waals surface area contributed by atoms with Crippen molar-refractivity contribution in [2.24, 2.45) is 0 Å². The summed E-state index contributed by atoms with van der Waals surface area (Å²) in [4.78, 5) is 42.8. The van der Waals surface area contributed by atoms with Crippen LogP contribution < -0.4 is 10.9 Å². The average molecular weight is 477 g/mol. The van der Waals surface area contributed by atoms with Crippen molar-refractivity contribution in [3.05, 3.63) is 61.7 Å². The summed E-state index contributed by atoms with van der Waals surface area (Å²) in [6, 6.07) is 2.73. The van der Waals surface area contributed by atoms with Gasteiger partial charge in [0.1, 0.15) is 12.4 Å². The Morgan fingerprint density at radius 2 is 2.09 bits per heavy atom. The molecular weight excluding hydrogens is 453 g/mol. The summed E-state index contributed by atoms with van der Waals surface area (Å²) >= 11 is 0. The lowest BCUT2D eigenvalue weighted by atomic mass is 9.81. The number of halogens is 1. The van der Waals surface area contributed by atoms with Gasteiger partial charge in [0.15, 0.2) is 5.60 Å². The van der Waals surface area contributed by atoms with Crippen LogP contribution in [0.5, 0.6) is 0 Å². The van der Waals surface area contributed by atoms with Gasteiger partial charge in [0, 0.05) is 29.5 Å². The van der Waals surface area contributed by atoms with E-state index in [4.69, 9.17) is 9.72 Å². The van der Waals surface area contributed by atoms with Gasteiger partial charge in [0.25, 0.3) is 5.56 Å². The Bertz CT molecular complexity index is 1560. The normalized spacial score (nSPS) is 21.9. The molecule has 0 saturated carbocycles. The van der Waals surface area contributed by atoms with Crippen molar-refractivity contribution in [3.8, 4) is 11.4 Å². The molecule has 9 heteroatoms. The monoisotopic (exact) mass is 477 g/mol. The van der Waals surface area contributed by atoms with E-state index >= 15 is 0 Å². The van der Waals surface area contributed by atoms with Gasteiger partial charge in [-0.05, 0) is 48.9 Å². The molecule has 0 spiro atoms. The quantitative estimate of drug-likeness (QED) is 0.430. The van der Waals surface area contributed by atoms with Gasteiger partial charge < -0.3 is 19.7 Å². The molecule has 2 N–H and O–H groups in total. The van der Waals surface area contributed by atoms with E-state index in [1.807, 2.05) is 0 Å². The Balaban J connectivity index is 1.68. The fourth-order valence-electron chi connectivity index (χ4n) is 5.94. The molecule has 35 heavy (non-hydrogen) atoms. The molecule has 3 aliphatic rings. The fraction of sp³-hybridized carbons (Fsp3) is 0.385. The highest BCUT2D eigenvalue weighted by Crippen LogP contribution is 2.45. The van der Waals surface area contributed by atoms with Crippen LogP contribution in [-0.2, 0) is 39.5 Å². The molecule has 0 bridgehead atoms. The number of nitrogens with one attached hydrogen (secondary N) is 1. The van der Waals surface area contributed by atoms with Crippen molar-refractivity contribution in [2.45, 2.75) is 64.8 Å². The number of aryl methyl sites for hydroxylation is 1. The molecule has 6 rings (SSSR count). The maximum Gasteiger partial charge on any atom is 0.343 e. The van der Waals surface area contributed by atoms with Crippen LogP contribution in [0.25, 0.3) is 22.3 Å². The number of cyclic esters (lactones) is 1. The highest BCUT2D eigenvalue weighted by Gasteiger charge is 2.46. The summed E-state index contributed by atoms with van der Waals surface area (Å²) < 4.78 is 21.5. The fourth-order valence-corrected chi connectivity index (χ4v) is 5.94. The number of nitrogens with zero attached hydrogens (tertiary/aromatic N) is 2. The van der Waals surface area contributed by atoms with E-state index < -0.39 is 11.6 Å². The summed E-state index contributed by atoms with van der Waals surface area (Å²) in [5, 5.41) is 14.9. The first-order valence-corrected chi connectivity index (χ1v) is 11.7. The van der Waals surface area contributed by atoms with Crippen molar-refractivity contribution >= 4 is 22.8 Å². The molecule has 1 amide bonds. The Morgan fingerprint density at radius 3 is 2.80 bits per heavy atom. The van der Waals surface area contributed by atoms with Crippen LogP contribution in [-0.4, -0.2) is 26.5 Å². The number of carbonyl (C=O) groups excluding carboxylic acids is 2. The number of rotatable bonds is 2. The molecule has 1 aromatic carbocycles. The molecular formula is C26H24FN3O5. The van der Waals surface area contributed by atoms with Gasteiger partial charge in [-0.25, -0.2) is 14.2 Å². The summed E-state index contributed by atoms with van der Waals surface area (Å²) in [5.74, 6) is -1.32. The summed E-state index contributed by atoms with van der Waals surface area (Å²) in [6.45, 7) is 4.86. The molecule has 3 aromatic rings. The summed E-state index contributed by atoms with van der Waals surface area (Å²) in [7, 11) is 0. The van der Waals surface area contributed by atoms with Gasteiger partial charge in [0.2, 0.25) is 5.91 Å². The van der Waals surface area contributed by atoms with E-state index in [1.54, 1.807) is 24.5 Å². The predicted molar refractivity (Wildman–Crippen MR) is 124 cm³/mol. The molecule has 2 unspecified atom stereocenters. The number of hydrogen-bond acceptors (Lipinski definition) is 6. The van der Waals surface area contributed by atoms with Crippen molar-refractivity contribution in [3.63, 3.8) is 0 Å². The van der Waals surface area contributed by atoms with Crippen molar-refractivity contribution < 1.29 is 23.8 Å². The zero-order valence-electron chi connectivity index (χ0n) is 19.6. The van der Waals surface area contributed by atoms with Crippen LogP contribution in [0.2, 0.25) is 0 Å². The first kappa shape index (κ1) is 21.9. The smallest absolute Gasteiger partial charge is 0.343 e. The van der Waals surface area contributed by atoms with Crippen LogP contribution >= 0.6 is 0 Å². The molecule has 2 atom stereocenters. The molecule has 0 saturated heterocycles. The number of aromatic nitrogens is 2. The lowest BCUT2D eigenvalue weighted by molar-refractivity contribution is -0.172. The predicted octanol–water partition coefficient (Wildman–Crippen LogP) is 2.65. The molecule has 8 nitrogen and oxygen atoms in total. The number of benzene rings is 1. The van der Waals surface area contributed by atoms with E-state index in [0.29, 0.717) is 35.3 Å². The zero-order chi connectivity index (χ0) is 24.8. The lowest BCUT2D eigenvalue weighted by Gasteiger charge is -2.31. The third-order valence-corrected chi connectivity index (χ3v) is 7.76. The Morgan fingerprint density at radius 1 is 1.31 bits per heavy atom. The number of hydrogen-bond donors (Lipinski definition) is 2. The minimum absolute atomic E-state index is 0.0451. The molecule has 2 aromatic heterocycles. The van der Waals surface area contributed by atoms with Gasteiger partial charge in [-0.1, -0.05) is 6.92 Å². The van der Waals surface area contributed by atoms with Crippen molar-refractivity contribution in [1.82, 2.24) is 14.9 Å². The summed E-state index contributed by atoms with van der Waals surface area (Å²) in [6.07, 6.45) is 1.24. The van der Waals surface area contributed by atoms with Gasteiger partial charge in [-0.2, -0.15) is 0 Å². The van der Waals surface area contributed by atoms with Crippen LogP contribution in [0.1, 0.15) is 66.1 Å². The van der Waals surface area contributed by atoms with Crippen LogP contribution in [0, 0.1) is 12.7 Å². The minimum Gasteiger partial charge on any atom is -0.458 e. The van der Waals surface area contributed by atoms with Gasteiger partial charge in [-0.3, -0.25) is 9.59 Å². The zero-order valence-corrected chi connectivity index (χ0v) is 19.6. The SMILES string of the molecule is CCC1(O)C(=O)OCc2c1cc1n(c2=O)Cc2c-1nc1cc(F)c(C)c3c1c2C(NC(C)=O)CC3. The molecule has 1 aliphatic carbocycles. The lowest BCUT2D eigenvalue weighted by Crippen LogP contribution is -2.44. The third-order valence-electron chi connectivity index (χ3n) is 7.76.